The molecule has 0 N–H and O–H groups in total. The van der Waals surface area contributed by atoms with Gasteiger partial charge in [-0.2, -0.15) is 0 Å². The van der Waals surface area contributed by atoms with E-state index in [2.05, 4.69) is 135 Å². The number of carbonyl (C=O) groups excluding carboxylic acids is 3. The zero-order valence-electron chi connectivity index (χ0n) is 42.3. The number of hydrogen-bond acceptors (Lipinski definition) is 7. The monoisotopic (exact) mass is 916 g/mol. The number of nitrogens with zero attached hydrogens (tertiary/aromatic N) is 1. The van der Waals surface area contributed by atoms with Crippen molar-refractivity contribution in [2.75, 3.05) is 41.0 Å². The topological polar surface area (TPSA) is 102 Å². The fourth-order valence-electron chi connectivity index (χ4n) is 6.72. The number of quaternary nitrogens is 1. The molecule has 66 heavy (non-hydrogen) atoms. The Morgan fingerprint density at radius 1 is 0.455 bits per heavy atom. The number of carboxylic acids is 1. The Kier molecular flexibility index (Phi) is 44.2. The smallest absolute Gasteiger partial charge is 0.306 e. The molecule has 0 saturated heterocycles. The molecule has 8 nitrogen and oxygen atoms in total. The molecule has 0 aliphatic carbocycles. The summed E-state index contributed by atoms with van der Waals surface area (Å²) < 4.78 is 17.2. The number of aliphatic carboxylic acids is 1. The first kappa shape index (κ1) is 61.7. The summed E-state index contributed by atoms with van der Waals surface area (Å²) in [5, 5.41) is 11.7. The Morgan fingerprint density at radius 2 is 0.818 bits per heavy atom. The molecule has 8 heteroatoms. The van der Waals surface area contributed by atoms with E-state index in [4.69, 9.17) is 14.2 Å². The van der Waals surface area contributed by atoms with E-state index in [9.17, 15) is 19.5 Å². The summed E-state index contributed by atoms with van der Waals surface area (Å²) in [6, 6.07) is -0.744. The van der Waals surface area contributed by atoms with E-state index in [1.807, 2.05) is 0 Å². The molecular formula is C58H93NO7. The van der Waals surface area contributed by atoms with Gasteiger partial charge in [0.1, 0.15) is 12.6 Å². The normalized spacial score (nSPS) is 13.9. The van der Waals surface area contributed by atoms with Gasteiger partial charge in [-0.25, -0.2) is 0 Å². The Hall–Kier alpha value is -4.27. The highest BCUT2D eigenvalue weighted by Gasteiger charge is 2.25. The Morgan fingerprint density at radius 3 is 1.23 bits per heavy atom. The van der Waals surface area contributed by atoms with Crippen molar-refractivity contribution in [3.8, 4) is 0 Å². The molecule has 2 atom stereocenters. The largest absolute Gasteiger partial charge is 0.544 e. The molecular weight excluding hydrogens is 823 g/mol. The van der Waals surface area contributed by atoms with E-state index >= 15 is 0 Å². The van der Waals surface area contributed by atoms with E-state index in [1.54, 1.807) is 21.1 Å². The molecule has 0 radical (unpaired) electrons. The number of ether oxygens (including phenoxy) is 3. The molecule has 0 saturated carbocycles. The summed E-state index contributed by atoms with van der Waals surface area (Å²) in [5.41, 5.74) is 0. The number of likely N-dealkylation sites (N-methyl/N-ethyl adjacent to an activating group) is 1. The van der Waals surface area contributed by atoms with Gasteiger partial charge in [0.2, 0.25) is 0 Å². The highest BCUT2D eigenvalue weighted by atomic mass is 16.6. The molecule has 0 aromatic carbocycles. The first-order chi connectivity index (χ1) is 32.1. The van der Waals surface area contributed by atoms with Gasteiger partial charge < -0.3 is 28.6 Å². The molecule has 0 fully saturated rings. The van der Waals surface area contributed by atoms with E-state index in [-0.39, 0.29) is 49.1 Å². The minimum atomic E-state index is -1.14. The standard InChI is InChI=1S/C58H93NO7/c1-6-8-10-12-14-16-18-20-22-24-26-28-29-31-33-35-37-39-41-43-45-47-49-57(61)66-54(52-64-51-50-55(58(62)63)59(3,4)5)53-65-56(60)48-46-44-42-40-38-36-34-32-30-27-25-23-21-19-17-15-13-11-9-7-2/h8-11,14-17,20-23,26-28,30,34,36,40,42,54-55H,6-7,12-13,18-19,24-25,29,31-33,35,37-39,41,43-53H2,1-5H3/b10-8+,11-9+,16-14+,17-15+,22-20+,23-21+,28-26+,30-27+,36-34+,42-40+. The van der Waals surface area contributed by atoms with Crippen LogP contribution in [0.1, 0.15) is 174 Å². The number of carbonyl (C=O) groups is 3. The minimum Gasteiger partial charge on any atom is -0.544 e. The maximum absolute atomic E-state index is 12.8. The molecule has 0 heterocycles. The van der Waals surface area contributed by atoms with E-state index in [0.717, 1.165) is 96.3 Å². The van der Waals surface area contributed by atoms with Gasteiger partial charge in [0.25, 0.3) is 0 Å². The van der Waals surface area contributed by atoms with Gasteiger partial charge in [-0.3, -0.25) is 9.59 Å². The van der Waals surface area contributed by atoms with Gasteiger partial charge in [-0.15, -0.1) is 0 Å². The fraction of sp³-hybridized carbons (Fsp3) is 0.603. The van der Waals surface area contributed by atoms with Crippen LogP contribution in [0.2, 0.25) is 0 Å². The number of unbranched alkanes of at least 4 members (excludes halogenated alkanes) is 10. The van der Waals surface area contributed by atoms with Gasteiger partial charge in [-0.05, 0) is 96.3 Å². The molecule has 0 rings (SSSR count). The van der Waals surface area contributed by atoms with E-state index in [0.29, 0.717) is 12.8 Å². The lowest BCUT2D eigenvalue weighted by Gasteiger charge is -2.34. The van der Waals surface area contributed by atoms with Crippen molar-refractivity contribution >= 4 is 17.9 Å². The van der Waals surface area contributed by atoms with Gasteiger partial charge in [0, 0.05) is 19.3 Å². The number of carboxylic acid groups (broad SMARTS) is 1. The Bertz CT molecular complexity index is 1490. The van der Waals surface area contributed by atoms with Crippen molar-refractivity contribution in [2.45, 2.75) is 187 Å². The molecule has 0 spiro atoms. The fourth-order valence-corrected chi connectivity index (χ4v) is 6.72. The summed E-state index contributed by atoms with van der Waals surface area (Å²) in [5.74, 6) is -1.83. The third-order valence-corrected chi connectivity index (χ3v) is 10.6. The van der Waals surface area contributed by atoms with Gasteiger partial charge in [0.05, 0.1) is 40.3 Å². The molecule has 0 aromatic rings. The first-order valence-electron chi connectivity index (χ1n) is 25.6. The van der Waals surface area contributed by atoms with Crippen LogP contribution in [-0.4, -0.2) is 75.5 Å². The lowest BCUT2D eigenvalue weighted by atomic mass is 10.1. The molecule has 372 valence electrons. The summed E-state index contributed by atoms with van der Waals surface area (Å²) in [6.45, 7) is 4.36. The molecule has 0 aliphatic heterocycles. The second-order valence-electron chi connectivity index (χ2n) is 17.6. The average Bonchev–Trinajstić information content (AvgIpc) is 3.28. The van der Waals surface area contributed by atoms with Crippen LogP contribution in [0, 0.1) is 0 Å². The third-order valence-electron chi connectivity index (χ3n) is 10.6. The molecule has 2 unspecified atom stereocenters. The predicted molar refractivity (Wildman–Crippen MR) is 277 cm³/mol. The van der Waals surface area contributed by atoms with Crippen molar-refractivity contribution in [3.05, 3.63) is 122 Å². The second-order valence-corrected chi connectivity index (χ2v) is 17.6. The number of rotatable bonds is 44. The molecule has 0 aliphatic rings. The van der Waals surface area contributed by atoms with Crippen molar-refractivity contribution in [1.82, 2.24) is 0 Å². The van der Waals surface area contributed by atoms with Gasteiger partial charge in [0.15, 0.2) is 6.10 Å². The Labute approximate surface area is 403 Å². The summed E-state index contributed by atoms with van der Waals surface area (Å²) >= 11 is 0. The van der Waals surface area contributed by atoms with Crippen molar-refractivity contribution in [2.24, 2.45) is 0 Å². The zero-order valence-corrected chi connectivity index (χ0v) is 42.3. The highest BCUT2D eigenvalue weighted by Crippen LogP contribution is 2.14. The van der Waals surface area contributed by atoms with Crippen LogP contribution in [0.3, 0.4) is 0 Å². The maximum Gasteiger partial charge on any atom is 0.306 e. The van der Waals surface area contributed by atoms with Crippen molar-refractivity contribution < 1.29 is 38.2 Å². The molecule has 0 aromatic heterocycles. The molecule has 0 amide bonds. The summed E-state index contributed by atoms with van der Waals surface area (Å²) in [4.78, 5) is 37.0. The van der Waals surface area contributed by atoms with Crippen LogP contribution in [0.4, 0.5) is 0 Å². The molecule has 0 bridgehead atoms. The lowest BCUT2D eigenvalue weighted by molar-refractivity contribution is -0.889. The number of allylic oxidation sites excluding steroid dienone is 20. The summed E-state index contributed by atoms with van der Waals surface area (Å²) in [6.07, 6.45) is 66.6. The van der Waals surface area contributed by atoms with E-state index in [1.165, 1.54) is 38.5 Å². The average molecular weight is 916 g/mol. The SMILES string of the molecule is CC/C=C/C/C=C/C/C=C/C/C=C/C/C=C/C/C=C/CCCC(=O)OCC(COCCC(C(=O)[O-])[N+](C)(C)C)OC(=O)CCCCCCCCCCC/C=C/C/C=C/C/C=C/C/C=C/CC. The highest BCUT2D eigenvalue weighted by molar-refractivity contribution is 5.70. The minimum absolute atomic E-state index is 0.0118. The van der Waals surface area contributed by atoms with Crippen LogP contribution in [0.5, 0.6) is 0 Å². The lowest BCUT2D eigenvalue weighted by Crippen LogP contribution is -2.55. The first-order valence-corrected chi connectivity index (χ1v) is 25.6. The third kappa shape index (κ3) is 44.9. The predicted octanol–water partition coefficient (Wildman–Crippen LogP) is 13.6. The van der Waals surface area contributed by atoms with E-state index < -0.39 is 18.1 Å². The van der Waals surface area contributed by atoms with Gasteiger partial charge >= 0.3 is 11.9 Å². The second kappa shape index (κ2) is 47.2. The van der Waals surface area contributed by atoms with Gasteiger partial charge in [-0.1, -0.05) is 180 Å². The summed E-state index contributed by atoms with van der Waals surface area (Å²) in [7, 11) is 5.38. The Balaban J connectivity index is 4.38. The van der Waals surface area contributed by atoms with Crippen LogP contribution in [0.25, 0.3) is 0 Å². The van der Waals surface area contributed by atoms with Crippen LogP contribution < -0.4 is 5.11 Å². The van der Waals surface area contributed by atoms with Crippen molar-refractivity contribution in [1.29, 1.82) is 0 Å². The maximum atomic E-state index is 12.8. The van der Waals surface area contributed by atoms with Crippen molar-refractivity contribution in [3.63, 3.8) is 0 Å². The number of hydrogen-bond donors (Lipinski definition) is 0. The quantitative estimate of drug-likeness (QED) is 0.0260. The van der Waals surface area contributed by atoms with Crippen LogP contribution in [-0.2, 0) is 28.6 Å². The zero-order chi connectivity index (χ0) is 48.4. The van der Waals surface area contributed by atoms with Crippen LogP contribution in [0.15, 0.2) is 122 Å². The van der Waals surface area contributed by atoms with Crippen LogP contribution >= 0.6 is 0 Å². The number of esters is 2.